The Morgan fingerprint density at radius 3 is 2.77 bits per heavy atom. The highest BCUT2D eigenvalue weighted by molar-refractivity contribution is 5.84. The van der Waals surface area contributed by atoms with Crippen LogP contribution in [0.2, 0.25) is 0 Å². The highest BCUT2D eigenvalue weighted by atomic mass is 16.5. The van der Waals surface area contributed by atoms with Crippen molar-refractivity contribution in [2.24, 2.45) is 11.8 Å². The summed E-state index contributed by atoms with van der Waals surface area (Å²) in [7, 11) is 1.66. The SMILES string of the molecule is COc1ccc2oc(C(C)NC(=O)CC(C)C3CCNCC3)c(C)c2c1. The van der Waals surface area contributed by atoms with Crippen LogP contribution in [0.4, 0.5) is 0 Å². The largest absolute Gasteiger partial charge is 0.497 e. The van der Waals surface area contributed by atoms with Crippen molar-refractivity contribution in [2.75, 3.05) is 20.2 Å². The third-order valence-corrected chi connectivity index (χ3v) is 5.65. The smallest absolute Gasteiger partial charge is 0.220 e. The lowest BCUT2D eigenvalue weighted by Gasteiger charge is -2.28. The van der Waals surface area contributed by atoms with E-state index in [0.29, 0.717) is 18.3 Å². The summed E-state index contributed by atoms with van der Waals surface area (Å²) >= 11 is 0. The number of nitrogens with one attached hydrogen (secondary N) is 2. The molecule has 0 spiro atoms. The third-order valence-electron chi connectivity index (χ3n) is 5.65. The first-order chi connectivity index (χ1) is 12.5. The molecule has 5 heteroatoms. The van der Waals surface area contributed by atoms with Crippen LogP contribution in [0.25, 0.3) is 11.0 Å². The van der Waals surface area contributed by atoms with E-state index in [4.69, 9.17) is 9.15 Å². The zero-order chi connectivity index (χ0) is 18.7. The van der Waals surface area contributed by atoms with Gasteiger partial charge in [-0.15, -0.1) is 0 Å². The van der Waals surface area contributed by atoms with Crippen molar-refractivity contribution in [1.82, 2.24) is 10.6 Å². The summed E-state index contributed by atoms with van der Waals surface area (Å²) in [5.74, 6) is 2.76. The van der Waals surface area contributed by atoms with Gasteiger partial charge >= 0.3 is 0 Å². The van der Waals surface area contributed by atoms with Gasteiger partial charge in [-0.1, -0.05) is 6.92 Å². The maximum absolute atomic E-state index is 12.5. The Morgan fingerprint density at radius 1 is 1.35 bits per heavy atom. The van der Waals surface area contributed by atoms with Gasteiger partial charge in [-0.05, 0) is 69.8 Å². The van der Waals surface area contributed by atoms with Gasteiger partial charge in [0, 0.05) is 17.4 Å². The van der Waals surface area contributed by atoms with E-state index in [0.717, 1.165) is 54.0 Å². The highest BCUT2D eigenvalue weighted by Gasteiger charge is 2.24. The number of fused-ring (bicyclic) bond motifs is 1. The lowest BCUT2D eigenvalue weighted by atomic mass is 9.84. The number of ether oxygens (including phenoxy) is 1. The molecule has 3 rings (SSSR count). The Bertz CT molecular complexity index is 762. The number of benzene rings is 1. The molecule has 2 N–H and O–H groups in total. The molecule has 2 heterocycles. The molecule has 1 amide bonds. The van der Waals surface area contributed by atoms with Crippen LogP contribution in [0.1, 0.15) is 50.5 Å². The number of amides is 1. The van der Waals surface area contributed by atoms with Crippen LogP contribution in [0.15, 0.2) is 22.6 Å². The number of aryl methyl sites for hydroxylation is 1. The predicted octanol–water partition coefficient (Wildman–Crippen LogP) is 3.95. The van der Waals surface area contributed by atoms with E-state index in [2.05, 4.69) is 17.6 Å². The quantitative estimate of drug-likeness (QED) is 0.821. The van der Waals surface area contributed by atoms with E-state index in [-0.39, 0.29) is 11.9 Å². The molecular formula is C21H30N2O3. The molecule has 142 valence electrons. The van der Waals surface area contributed by atoms with Gasteiger partial charge in [0.25, 0.3) is 0 Å². The van der Waals surface area contributed by atoms with Crippen LogP contribution in [-0.4, -0.2) is 26.1 Å². The Kier molecular flexibility index (Phi) is 5.87. The van der Waals surface area contributed by atoms with Gasteiger partial charge in [-0.2, -0.15) is 0 Å². The highest BCUT2D eigenvalue weighted by Crippen LogP contribution is 2.32. The predicted molar refractivity (Wildman–Crippen MR) is 103 cm³/mol. The molecule has 0 radical (unpaired) electrons. The summed E-state index contributed by atoms with van der Waals surface area (Å²) in [6, 6.07) is 5.63. The van der Waals surface area contributed by atoms with Crippen molar-refractivity contribution in [3.63, 3.8) is 0 Å². The third kappa shape index (κ3) is 4.04. The summed E-state index contributed by atoms with van der Waals surface area (Å²) in [5.41, 5.74) is 1.88. The lowest BCUT2D eigenvalue weighted by molar-refractivity contribution is -0.123. The van der Waals surface area contributed by atoms with Crippen LogP contribution >= 0.6 is 0 Å². The standard InChI is InChI=1S/C21H30N2O3/c1-13(16-7-9-22-10-8-16)11-20(24)23-15(3)21-14(2)18-12-17(25-4)5-6-19(18)26-21/h5-6,12-13,15-16,22H,7-11H2,1-4H3,(H,23,24). The van der Waals surface area contributed by atoms with Crippen molar-refractivity contribution in [3.8, 4) is 5.75 Å². The minimum atomic E-state index is -0.152. The number of hydrogen-bond acceptors (Lipinski definition) is 4. The van der Waals surface area contributed by atoms with Crippen LogP contribution in [0.3, 0.4) is 0 Å². The fraction of sp³-hybridized carbons (Fsp3) is 0.571. The molecule has 1 aromatic carbocycles. The summed E-state index contributed by atoms with van der Waals surface area (Å²) in [4.78, 5) is 12.5. The van der Waals surface area contributed by atoms with E-state index >= 15 is 0 Å². The van der Waals surface area contributed by atoms with Crippen molar-refractivity contribution in [3.05, 3.63) is 29.5 Å². The molecule has 26 heavy (non-hydrogen) atoms. The maximum atomic E-state index is 12.5. The summed E-state index contributed by atoms with van der Waals surface area (Å²) in [6.45, 7) is 8.33. The van der Waals surface area contributed by atoms with Crippen LogP contribution in [0.5, 0.6) is 5.75 Å². The number of methoxy groups -OCH3 is 1. The molecule has 2 unspecified atom stereocenters. The fourth-order valence-corrected chi connectivity index (χ4v) is 4.00. The molecule has 5 nitrogen and oxygen atoms in total. The summed E-state index contributed by atoms with van der Waals surface area (Å²) in [6.07, 6.45) is 2.89. The second kappa shape index (κ2) is 8.12. The molecule has 2 aromatic rings. The summed E-state index contributed by atoms with van der Waals surface area (Å²) in [5, 5.41) is 7.53. The molecule has 2 atom stereocenters. The first-order valence-electron chi connectivity index (χ1n) is 9.56. The van der Waals surface area contributed by atoms with Crippen LogP contribution in [0, 0.1) is 18.8 Å². The number of carbonyl (C=O) groups is 1. The molecule has 1 aliphatic rings. The number of rotatable bonds is 6. The van der Waals surface area contributed by atoms with Gasteiger partial charge < -0.3 is 19.8 Å². The fourth-order valence-electron chi connectivity index (χ4n) is 4.00. The number of hydrogen-bond donors (Lipinski definition) is 2. The first kappa shape index (κ1) is 18.8. The van der Waals surface area contributed by atoms with E-state index in [1.807, 2.05) is 32.0 Å². The Hall–Kier alpha value is -2.01. The van der Waals surface area contributed by atoms with Crippen molar-refractivity contribution in [1.29, 1.82) is 0 Å². The molecule has 0 aliphatic carbocycles. The van der Waals surface area contributed by atoms with E-state index in [1.165, 1.54) is 0 Å². The van der Waals surface area contributed by atoms with E-state index in [1.54, 1.807) is 7.11 Å². The van der Waals surface area contributed by atoms with Gasteiger partial charge in [-0.25, -0.2) is 0 Å². The lowest BCUT2D eigenvalue weighted by Crippen LogP contribution is -2.34. The molecule has 1 aliphatic heterocycles. The molecule has 0 saturated carbocycles. The molecular weight excluding hydrogens is 328 g/mol. The average Bonchev–Trinajstić information content (AvgIpc) is 2.98. The number of carbonyl (C=O) groups excluding carboxylic acids is 1. The number of furan rings is 1. The van der Waals surface area contributed by atoms with Gasteiger partial charge in [0.05, 0.1) is 13.2 Å². The normalized spacial score (nSPS) is 17.8. The minimum absolute atomic E-state index is 0.0981. The number of piperidine rings is 1. The van der Waals surface area contributed by atoms with Gasteiger partial charge in [-0.3, -0.25) is 4.79 Å². The second-order valence-electron chi connectivity index (χ2n) is 7.51. The Balaban J connectivity index is 1.65. The molecule has 1 fully saturated rings. The van der Waals surface area contributed by atoms with Crippen LogP contribution < -0.4 is 15.4 Å². The zero-order valence-electron chi connectivity index (χ0n) is 16.2. The Labute approximate surface area is 155 Å². The van der Waals surface area contributed by atoms with E-state index in [9.17, 15) is 4.79 Å². The average molecular weight is 358 g/mol. The monoisotopic (exact) mass is 358 g/mol. The van der Waals surface area contributed by atoms with Crippen molar-refractivity contribution in [2.45, 2.75) is 46.1 Å². The maximum Gasteiger partial charge on any atom is 0.220 e. The van der Waals surface area contributed by atoms with Crippen LogP contribution in [-0.2, 0) is 4.79 Å². The first-order valence-corrected chi connectivity index (χ1v) is 9.56. The van der Waals surface area contributed by atoms with Crippen molar-refractivity contribution >= 4 is 16.9 Å². The summed E-state index contributed by atoms with van der Waals surface area (Å²) < 4.78 is 11.3. The minimum Gasteiger partial charge on any atom is -0.497 e. The van der Waals surface area contributed by atoms with Gasteiger partial charge in [0.2, 0.25) is 5.91 Å². The van der Waals surface area contributed by atoms with Gasteiger partial charge in [0.1, 0.15) is 17.1 Å². The van der Waals surface area contributed by atoms with E-state index < -0.39 is 0 Å². The second-order valence-corrected chi connectivity index (χ2v) is 7.51. The zero-order valence-corrected chi connectivity index (χ0v) is 16.2. The molecule has 0 bridgehead atoms. The molecule has 1 aromatic heterocycles. The van der Waals surface area contributed by atoms with Gasteiger partial charge in [0.15, 0.2) is 0 Å². The Morgan fingerprint density at radius 2 is 2.08 bits per heavy atom. The topological polar surface area (TPSA) is 63.5 Å². The molecule has 1 saturated heterocycles. The van der Waals surface area contributed by atoms with Crippen molar-refractivity contribution < 1.29 is 13.9 Å².